The van der Waals surface area contributed by atoms with Gasteiger partial charge in [-0.25, -0.2) is 0 Å². The SMILES string of the molecule is C=C1CCC(n2c(=C)c3cccc4c(Cc5cnn(C6CCN(CS)CC6)c5)ccc2c43)C(=C)N1. The molecule has 1 unspecified atom stereocenters. The molecule has 0 saturated carbocycles. The van der Waals surface area contributed by atoms with Crippen LogP contribution in [0.25, 0.3) is 28.3 Å². The van der Waals surface area contributed by atoms with Crippen molar-refractivity contribution >= 4 is 40.9 Å². The summed E-state index contributed by atoms with van der Waals surface area (Å²) in [6, 6.07) is 11.8. The van der Waals surface area contributed by atoms with Gasteiger partial charge in [-0.3, -0.25) is 9.58 Å². The summed E-state index contributed by atoms with van der Waals surface area (Å²) in [6.45, 7) is 15.1. The first kappa shape index (κ1) is 22.5. The number of piperidine rings is 2. The van der Waals surface area contributed by atoms with E-state index < -0.39 is 0 Å². The lowest BCUT2D eigenvalue weighted by Crippen LogP contribution is -2.33. The van der Waals surface area contributed by atoms with Gasteiger partial charge in [-0.2, -0.15) is 17.7 Å². The van der Waals surface area contributed by atoms with Crippen LogP contribution in [0.5, 0.6) is 0 Å². The molecule has 35 heavy (non-hydrogen) atoms. The van der Waals surface area contributed by atoms with E-state index in [0.717, 1.165) is 67.8 Å². The monoisotopic (exact) mass is 483 g/mol. The molecule has 2 aliphatic rings. The molecule has 0 amide bonds. The summed E-state index contributed by atoms with van der Waals surface area (Å²) in [5, 5.41) is 13.0. The van der Waals surface area contributed by atoms with Crippen LogP contribution in [0.15, 0.2) is 67.3 Å². The standard InChI is InChI=1S/C29H33N5S/c1-19-7-9-27(20(2)31-19)34-21(3)25-5-4-6-26-23(8-10-28(34)29(25)26)15-22-16-30-33(17-22)24-11-13-32(18-35)14-12-24/h4-6,8,10,16-17,24,27,31,35H,1-3,7,9,11-15,18H2. The van der Waals surface area contributed by atoms with Gasteiger partial charge in [0.15, 0.2) is 0 Å². The first-order chi connectivity index (χ1) is 17.0. The summed E-state index contributed by atoms with van der Waals surface area (Å²) in [5.74, 6) is 0.840. The highest BCUT2D eigenvalue weighted by atomic mass is 32.1. The largest absolute Gasteiger partial charge is 0.362 e. The Labute approximate surface area is 212 Å². The predicted molar refractivity (Wildman–Crippen MR) is 149 cm³/mol. The van der Waals surface area contributed by atoms with E-state index in [0.29, 0.717) is 6.04 Å². The smallest absolute Gasteiger partial charge is 0.0738 e. The van der Waals surface area contributed by atoms with Crippen LogP contribution in [-0.4, -0.2) is 38.2 Å². The van der Waals surface area contributed by atoms with Gasteiger partial charge in [-0.1, -0.05) is 44.0 Å². The van der Waals surface area contributed by atoms with Crippen LogP contribution < -0.4 is 10.7 Å². The second kappa shape index (κ2) is 8.92. The summed E-state index contributed by atoms with van der Waals surface area (Å²) in [4.78, 5) is 2.39. The van der Waals surface area contributed by atoms with Gasteiger partial charge in [0.25, 0.3) is 0 Å². The third kappa shape index (κ3) is 3.89. The maximum absolute atomic E-state index is 4.75. The van der Waals surface area contributed by atoms with Gasteiger partial charge in [0.05, 0.1) is 23.8 Å². The summed E-state index contributed by atoms with van der Waals surface area (Å²) in [6.07, 6.45) is 9.38. The van der Waals surface area contributed by atoms with Crippen molar-refractivity contribution in [2.75, 3.05) is 19.0 Å². The molecule has 2 aromatic heterocycles. The Bertz CT molecular complexity index is 1470. The van der Waals surface area contributed by atoms with Gasteiger partial charge in [0.2, 0.25) is 0 Å². The van der Waals surface area contributed by atoms with Gasteiger partial charge in [0, 0.05) is 59.1 Å². The van der Waals surface area contributed by atoms with Crippen LogP contribution in [0.3, 0.4) is 0 Å². The molecule has 0 aliphatic carbocycles. The zero-order chi connectivity index (χ0) is 24.1. The van der Waals surface area contributed by atoms with Gasteiger partial charge in [-0.15, -0.1) is 0 Å². The maximum Gasteiger partial charge on any atom is 0.0738 e. The van der Waals surface area contributed by atoms with E-state index in [1.165, 1.54) is 32.8 Å². The lowest BCUT2D eigenvalue weighted by molar-refractivity contribution is 0.205. The highest BCUT2D eigenvalue weighted by Crippen LogP contribution is 2.35. The van der Waals surface area contributed by atoms with Crippen LogP contribution in [-0.2, 0) is 6.42 Å². The number of rotatable bonds is 5. The summed E-state index contributed by atoms with van der Waals surface area (Å²) < 4.78 is 4.56. The molecule has 0 spiro atoms. The van der Waals surface area contributed by atoms with Crippen molar-refractivity contribution in [1.29, 1.82) is 0 Å². The van der Waals surface area contributed by atoms with E-state index in [1.54, 1.807) is 0 Å². The minimum Gasteiger partial charge on any atom is -0.362 e. The van der Waals surface area contributed by atoms with Crippen molar-refractivity contribution < 1.29 is 0 Å². The Hall–Kier alpha value is -2.96. The first-order valence-corrected chi connectivity index (χ1v) is 13.2. The fourth-order valence-corrected chi connectivity index (χ4v) is 6.31. The molecule has 6 heteroatoms. The van der Waals surface area contributed by atoms with E-state index in [4.69, 9.17) is 5.10 Å². The molecule has 1 atom stereocenters. The van der Waals surface area contributed by atoms with E-state index in [1.807, 2.05) is 6.20 Å². The molecule has 4 heterocycles. The highest BCUT2D eigenvalue weighted by Gasteiger charge is 2.25. The molecule has 2 saturated heterocycles. The van der Waals surface area contributed by atoms with Crippen LogP contribution in [0.4, 0.5) is 0 Å². The van der Waals surface area contributed by atoms with Crippen LogP contribution in [0.1, 0.15) is 48.9 Å². The fraction of sp³-hybridized carbons (Fsp3) is 0.345. The summed E-state index contributed by atoms with van der Waals surface area (Å²) in [5.41, 5.74) is 5.87. The normalized spacial score (nSPS) is 20.2. The quantitative estimate of drug-likeness (QED) is 0.384. The van der Waals surface area contributed by atoms with E-state index in [9.17, 15) is 0 Å². The van der Waals surface area contributed by atoms with Crippen LogP contribution in [0.2, 0.25) is 0 Å². The molecule has 4 aromatic rings. The molecule has 1 N–H and O–H groups in total. The predicted octanol–water partition coefficient (Wildman–Crippen LogP) is 5.19. The Balaban J connectivity index is 1.33. The van der Waals surface area contributed by atoms with Crippen molar-refractivity contribution in [3.05, 3.63) is 83.8 Å². The number of likely N-dealkylation sites (tertiary alicyclic amines) is 1. The molecule has 5 nitrogen and oxygen atoms in total. The van der Waals surface area contributed by atoms with Crippen molar-refractivity contribution in [2.45, 2.75) is 44.2 Å². The molecule has 6 rings (SSSR count). The Morgan fingerprint density at radius 2 is 1.83 bits per heavy atom. The molecule has 2 aromatic carbocycles. The average molecular weight is 484 g/mol. The molecule has 0 radical (unpaired) electrons. The number of hydrogen-bond acceptors (Lipinski definition) is 4. The van der Waals surface area contributed by atoms with Gasteiger partial charge < -0.3 is 9.88 Å². The highest BCUT2D eigenvalue weighted by molar-refractivity contribution is 7.80. The lowest BCUT2D eigenvalue weighted by atomic mass is 9.97. The number of thiol groups is 1. The fourth-order valence-electron chi connectivity index (χ4n) is 6.03. The summed E-state index contributed by atoms with van der Waals surface area (Å²) >= 11 is 4.42. The zero-order valence-corrected chi connectivity index (χ0v) is 21.1. The van der Waals surface area contributed by atoms with Gasteiger partial charge in [-0.05, 0) is 48.3 Å². The van der Waals surface area contributed by atoms with Gasteiger partial charge in [0.1, 0.15) is 0 Å². The zero-order valence-electron chi connectivity index (χ0n) is 20.2. The Morgan fingerprint density at radius 1 is 1.03 bits per heavy atom. The number of nitrogens with zero attached hydrogens (tertiary/aromatic N) is 4. The van der Waals surface area contributed by atoms with E-state index in [2.05, 4.69) is 88.4 Å². The van der Waals surface area contributed by atoms with E-state index >= 15 is 0 Å². The molecular formula is C29H33N5S. The topological polar surface area (TPSA) is 38.0 Å². The van der Waals surface area contributed by atoms with Crippen molar-refractivity contribution in [1.82, 2.24) is 24.6 Å². The lowest BCUT2D eigenvalue weighted by Gasteiger charge is -2.30. The first-order valence-electron chi connectivity index (χ1n) is 12.6. The van der Waals surface area contributed by atoms with E-state index in [-0.39, 0.29) is 6.04 Å². The molecular weight excluding hydrogens is 450 g/mol. The minimum absolute atomic E-state index is 0.182. The van der Waals surface area contributed by atoms with Gasteiger partial charge >= 0.3 is 0 Å². The number of hydrogen-bond donors (Lipinski definition) is 2. The number of nitrogens with one attached hydrogen (secondary N) is 1. The summed E-state index contributed by atoms with van der Waals surface area (Å²) in [7, 11) is 0. The molecule has 180 valence electrons. The Morgan fingerprint density at radius 3 is 2.60 bits per heavy atom. The second-order valence-electron chi connectivity index (χ2n) is 10.1. The molecule has 2 aliphatic heterocycles. The minimum atomic E-state index is 0.182. The number of benzene rings is 2. The van der Waals surface area contributed by atoms with Crippen molar-refractivity contribution in [2.24, 2.45) is 0 Å². The van der Waals surface area contributed by atoms with Crippen LogP contribution in [0, 0.1) is 0 Å². The third-order valence-corrected chi connectivity index (χ3v) is 8.32. The Kier molecular flexibility index (Phi) is 5.73. The third-order valence-electron chi connectivity index (χ3n) is 7.92. The maximum atomic E-state index is 4.75. The number of allylic oxidation sites excluding steroid dienone is 2. The average Bonchev–Trinajstić information content (AvgIpc) is 3.45. The van der Waals surface area contributed by atoms with Crippen molar-refractivity contribution in [3.8, 4) is 0 Å². The second-order valence-corrected chi connectivity index (χ2v) is 10.4. The molecule has 0 bridgehead atoms. The van der Waals surface area contributed by atoms with Crippen LogP contribution >= 0.6 is 12.6 Å². The number of aromatic nitrogens is 3. The van der Waals surface area contributed by atoms with Crippen molar-refractivity contribution in [3.63, 3.8) is 0 Å². The molecule has 2 fully saturated rings.